The van der Waals surface area contributed by atoms with Gasteiger partial charge in [0.1, 0.15) is 6.54 Å². The van der Waals surface area contributed by atoms with Crippen molar-refractivity contribution in [1.82, 2.24) is 0 Å². The third kappa shape index (κ3) is 6.90. The molecule has 4 rings (SSSR count). The van der Waals surface area contributed by atoms with Crippen molar-refractivity contribution >= 4 is 66.2 Å². The summed E-state index contributed by atoms with van der Waals surface area (Å²) in [6.07, 6.45) is 0. The molecule has 39 heavy (non-hydrogen) atoms. The Labute approximate surface area is 237 Å². The van der Waals surface area contributed by atoms with Gasteiger partial charge in [0.25, 0.3) is 20.0 Å². The Kier molecular flexibility index (Phi) is 8.51. The summed E-state index contributed by atoms with van der Waals surface area (Å²) in [6.45, 7) is 1.23. The lowest BCUT2D eigenvalue weighted by Crippen LogP contribution is -2.38. The van der Waals surface area contributed by atoms with E-state index in [1.807, 2.05) is 0 Å². The van der Waals surface area contributed by atoms with E-state index in [9.17, 15) is 21.6 Å². The average Bonchev–Trinajstić information content (AvgIpc) is 2.91. The molecular weight excluding hydrogens is 581 g/mol. The van der Waals surface area contributed by atoms with Crippen LogP contribution in [-0.4, -0.2) is 29.3 Å². The number of carbonyl (C=O) groups excluding carboxylic acids is 1. The van der Waals surface area contributed by atoms with Crippen molar-refractivity contribution in [2.24, 2.45) is 0 Å². The first kappa shape index (κ1) is 28.4. The largest absolute Gasteiger partial charge is 0.325 e. The Hall–Kier alpha value is -3.57. The molecule has 0 fully saturated rings. The molecule has 0 aliphatic heterocycles. The van der Waals surface area contributed by atoms with Crippen LogP contribution in [-0.2, 0) is 24.8 Å². The van der Waals surface area contributed by atoms with Crippen molar-refractivity contribution in [3.8, 4) is 0 Å². The Balaban J connectivity index is 1.53. The van der Waals surface area contributed by atoms with Crippen molar-refractivity contribution in [3.05, 3.63) is 113 Å². The lowest BCUT2D eigenvalue weighted by Gasteiger charge is -2.24. The molecule has 0 aliphatic carbocycles. The highest BCUT2D eigenvalue weighted by atomic mass is 35.5. The molecule has 0 saturated heterocycles. The molecule has 4 aromatic rings. The van der Waals surface area contributed by atoms with Crippen LogP contribution < -0.4 is 14.3 Å². The van der Waals surface area contributed by atoms with Gasteiger partial charge in [0.15, 0.2) is 0 Å². The van der Waals surface area contributed by atoms with E-state index >= 15 is 0 Å². The summed E-state index contributed by atoms with van der Waals surface area (Å²) in [5.74, 6) is -0.638. The van der Waals surface area contributed by atoms with Crippen molar-refractivity contribution < 1.29 is 21.6 Å². The summed E-state index contributed by atoms with van der Waals surface area (Å²) >= 11 is 12.1. The molecule has 0 unspecified atom stereocenters. The predicted octanol–water partition coefficient (Wildman–Crippen LogP) is 5.94. The monoisotopic (exact) mass is 603 g/mol. The molecule has 0 atom stereocenters. The van der Waals surface area contributed by atoms with Gasteiger partial charge in [-0.3, -0.25) is 13.8 Å². The van der Waals surface area contributed by atoms with Gasteiger partial charge in [-0.1, -0.05) is 47.5 Å². The zero-order valence-corrected chi connectivity index (χ0v) is 23.7. The van der Waals surface area contributed by atoms with Gasteiger partial charge >= 0.3 is 0 Å². The summed E-state index contributed by atoms with van der Waals surface area (Å²) in [5, 5.41) is 3.44. The lowest BCUT2D eigenvalue weighted by atomic mass is 10.2. The number of rotatable bonds is 9. The number of benzene rings is 4. The van der Waals surface area contributed by atoms with Crippen molar-refractivity contribution in [1.29, 1.82) is 0 Å². The molecule has 8 nitrogen and oxygen atoms in total. The minimum atomic E-state index is -4.11. The van der Waals surface area contributed by atoms with Crippen LogP contribution in [0.25, 0.3) is 0 Å². The standard InChI is InChI=1S/C27H23Cl2N3O5S2/c1-19-7-14-23(17-26(19)29)32(39(36,37)25-5-3-2-4-6-25)18-27(33)30-21-12-15-24(16-13-21)38(34,35)31-22-10-8-20(28)9-11-22/h2-17,31H,18H2,1H3,(H,30,33). The molecule has 0 aromatic heterocycles. The molecular formula is C27H23Cl2N3O5S2. The van der Waals surface area contributed by atoms with Crippen LogP contribution in [0.15, 0.2) is 107 Å². The van der Waals surface area contributed by atoms with E-state index in [1.165, 1.54) is 54.6 Å². The molecule has 2 N–H and O–H groups in total. The van der Waals surface area contributed by atoms with Gasteiger partial charge in [-0.05, 0) is 85.3 Å². The smallest absolute Gasteiger partial charge is 0.264 e. The summed E-state index contributed by atoms with van der Waals surface area (Å²) < 4.78 is 55.8. The van der Waals surface area contributed by atoms with E-state index in [4.69, 9.17) is 23.2 Å². The number of aryl methyl sites for hydroxylation is 1. The van der Waals surface area contributed by atoms with Crippen LogP contribution >= 0.6 is 23.2 Å². The van der Waals surface area contributed by atoms with E-state index in [0.29, 0.717) is 15.7 Å². The van der Waals surface area contributed by atoms with Crippen molar-refractivity contribution in [3.63, 3.8) is 0 Å². The topological polar surface area (TPSA) is 113 Å². The quantitative estimate of drug-likeness (QED) is 0.246. The molecule has 0 bridgehead atoms. The molecule has 1 amide bonds. The second kappa shape index (κ2) is 11.7. The van der Waals surface area contributed by atoms with Crippen LogP contribution in [0.5, 0.6) is 0 Å². The maximum atomic E-state index is 13.5. The van der Waals surface area contributed by atoms with E-state index in [0.717, 1.165) is 9.87 Å². The van der Waals surface area contributed by atoms with Gasteiger partial charge < -0.3 is 5.32 Å². The summed E-state index contributed by atoms with van der Waals surface area (Å²) in [5.41, 5.74) is 1.60. The fourth-order valence-corrected chi connectivity index (χ4v) is 6.35. The second-order valence-electron chi connectivity index (χ2n) is 8.44. The first-order chi connectivity index (χ1) is 18.5. The normalized spacial score (nSPS) is 11.6. The Morgan fingerprint density at radius 2 is 1.38 bits per heavy atom. The number of sulfonamides is 2. The van der Waals surface area contributed by atoms with Crippen LogP contribution in [0.3, 0.4) is 0 Å². The van der Waals surface area contributed by atoms with Gasteiger partial charge in [0.2, 0.25) is 5.91 Å². The van der Waals surface area contributed by atoms with Gasteiger partial charge in [-0.2, -0.15) is 0 Å². The zero-order chi connectivity index (χ0) is 28.2. The molecule has 0 radical (unpaired) electrons. The third-order valence-electron chi connectivity index (χ3n) is 5.61. The average molecular weight is 605 g/mol. The van der Waals surface area contributed by atoms with Gasteiger partial charge in [-0.25, -0.2) is 16.8 Å². The third-order valence-corrected chi connectivity index (χ3v) is 9.45. The number of nitrogens with one attached hydrogen (secondary N) is 2. The highest BCUT2D eigenvalue weighted by molar-refractivity contribution is 7.93. The first-order valence-corrected chi connectivity index (χ1v) is 15.2. The fraction of sp³-hybridized carbons (Fsp3) is 0.0741. The van der Waals surface area contributed by atoms with Gasteiger partial charge in [0.05, 0.1) is 15.5 Å². The van der Waals surface area contributed by atoms with Crippen LogP contribution in [0.4, 0.5) is 17.1 Å². The SMILES string of the molecule is Cc1ccc(N(CC(=O)Nc2ccc(S(=O)(=O)Nc3ccc(Cl)cc3)cc2)S(=O)(=O)c2ccccc2)cc1Cl. The minimum Gasteiger partial charge on any atom is -0.325 e. The second-order valence-corrected chi connectivity index (χ2v) is 12.8. The number of amides is 1. The number of anilines is 3. The van der Waals surface area contributed by atoms with E-state index in [-0.39, 0.29) is 21.2 Å². The highest BCUT2D eigenvalue weighted by Gasteiger charge is 2.27. The summed E-state index contributed by atoms with van der Waals surface area (Å²) in [6, 6.07) is 24.1. The Bertz CT molecular complexity index is 1700. The molecule has 0 aliphatic rings. The Morgan fingerprint density at radius 3 is 2.00 bits per heavy atom. The highest BCUT2D eigenvalue weighted by Crippen LogP contribution is 2.28. The maximum absolute atomic E-state index is 13.5. The molecule has 0 heterocycles. The number of nitrogens with zero attached hydrogens (tertiary/aromatic N) is 1. The molecule has 0 spiro atoms. The summed E-state index contributed by atoms with van der Waals surface area (Å²) in [4.78, 5) is 13.0. The van der Waals surface area contributed by atoms with E-state index < -0.39 is 32.5 Å². The molecule has 4 aromatic carbocycles. The van der Waals surface area contributed by atoms with Crippen molar-refractivity contribution in [2.75, 3.05) is 20.9 Å². The van der Waals surface area contributed by atoms with Crippen LogP contribution in [0.2, 0.25) is 10.0 Å². The van der Waals surface area contributed by atoms with Gasteiger partial charge in [0, 0.05) is 21.4 Å². The Morgan fingerprint density at radius 1 is 0.769 bits per heavy atom. The molecule has 12 heteroatoms. The maximum Gasteiger partial charge on any atom is 0.264 e. The number of hydrogen-bond donors (Lipinski definition) is 2. The zero-order valence-electron chi connectivity index (χ0n) is 20.5. The van der Waals surface area contributed by atoms with Crippen LogP contribution in [0, 0.1) is 6.92 Å². The molecule has 202 valence electrons. The summed E-state index contributed by atoms with van der Waals surface area (Å²) in [7, 11) is -8.00. The lowest BCUT2D eigenvalue weighted by molar-refractivity contribution is -0.114. The predicted molar refractivity (Wildman–Crippen MR) is 154 cm³/mol. The molecule has 0 saturated carbocycles. The van der Waals surface area contributed by atoms with Gasteiger partial charge in [-0.15, -0.1) is 0 Å². The number of carbonyl (C=O) groups is 1. The first-order valence-electron chi connectivity index (χ1n) is 11.5. The minimum absolute atomic E-state index is 0.0113. The number of halogens is 2. The van der Waals surface area contributed by atoms with E-state index in [1.54, 1.807) is 49.4 Å². The van der Waals surface area contributed by atoms with Crippen LogP contribution in [0.1, 0.15) is 5.56 Å². The number of hydrogen-bond acceptors (Lipinski definition) is 5. The van der Waals surface area contributed by atoms with E-state index in [2.05, 4.69) is 10.0 Å². The van der Waals surface area contributed by atoms with Crippen molar-refractivity contribution in [2.45, 2.75) is 16.7 Å². The fourth-order valence-electron chi connectivity index (χ4n) is 3.55.